The van der Waals surface area contributed by atoms with Gasteiger partial charge in [0.05, 0.1) is 9.23 Å². The van der Waals surface area contributed by atoms with Crippen LogP contribution in [0.2, 0.25) is 10.0 Å². The third-order valence-electron chi connectivity index (χ3n) is 4.47. The summed E-state index contributed by atoms with van der Waals surface area (Å²) in [5.74, 6) is 1.37. The molecule has 6 nitrogen and oxygen atoms in total. The Morgan fingerprint density at radius 2 is 1.97 bits per heavy atom. The molecule has 0 saturated carbocycles. The Hall–Kier alpha value is -1.26. The van der Waals surface area contributed by atoms with Crippen LogP contribution in [0.3, 0.4) is 0 Å². The second kappa shape index (κ2) is 9.08. The topological polar surface area (TPSA) is 81.1 Å². The predicted octanol–water partition coefficient (Wildman–Crippen LogP) is 5.59. The first-order valence-corrected chi connectivity index (χ1v) is 13.2. The Morgan fingerprint density at radius 3 is 2.63 bits per heavy atom. The van der Waals surface area contributed by atoms with Gasteiger partial charge in [0.1, 0.15) is 10.6 Å². The quantitative estimate of drug-likeness (QED) is 0.423. The highest BCUT2D eigenvalue weighted by Gasteiger charge is 2.28. The number of nitrogens with one attached hydrogen (secondary N) is 1. The fourth-order valence-corrected chi connectivity index (χ4v) is 7.27. The minimum absolute atomic E-state index is 0.0116. The summed E-state index contributed by atoms with van der Waals surface area (Å²) in [7, 11) is -4.10. The molecule has 2 aliphatic rings. The smallest absolute Gasteiger partial charge is 0.261 e. The molecule has 0 saturated heterocycles. The minimum atomic E-state index is -4.10. The monoisotopic (exact) mass is 505 g/mol. The number of nitrogens with zero attached hydrogens (tertiary/aromatic N) is 2. The number of thioether (sulfide) groups is 1. The van der Waals surface area contributed by atoms with Gasteiger partial charge in [-0.15, -0.1) is 23.1 Å². The summed E-state index contributed by atoms with van der Waals surface area (Å²) >= 11 is 15.1. The number of anilines is 1. The van der Waals surface area contributed by atoms with E-state index in [-0.39, 0.29) is 20.8 Å². The van der Waals surface area contributed by atoms with Crippen molar-refractivity contribution in [2.24, 2.45) is 5.92 Å². The van der Waals surface area contributed by atoms with Crippen LogP contribution in [0.1, 0.15) is 30.8 Å². The van der Waals surface area contributed by atoms with Gasteiger partial charge in [-0.3, -0.25) is 9.29 Å². The second-order valence-corrected chi connectivity index (χ2v) is 12.3. The van der Waals surface area contributed by atoms with Gasteiger partial charge in [-0.1, -0.05) is 37.0 Å². The standard InChI is InChI=1S/C19H21Cl2N3O3S3/c1-10(2)7-8-28-18-16-17(22-19(25)24(16)11(3)12(4)29-18)23-30(26,27)15-9-13(20)5-6-14(15)21/h5-6,9-10H,7-8H2,1-4H3,(H,22,23,25). The Bertz CT molecular complexity index is 1220. The van der Waals surface area contributed by atoms with Gasteiger partial charge in [0, 0.05) is 15.6 Å². The van der Waals surface area contributed by atoms with Crippen LogP contribution in [0, 0.1) is 19.8 Å². The van der Waals surface area contributed by atoms with Crippen molar-refractivity contribution in [3.05, 3.63) is 49.3 Å². The maximum Gasteiger partial charge on any atom is 0.354 e. The van der Waals surface area contributed by atoms with Crippen LogP contribution in [-0.4, -0.2) is 23.7 Å². The first-order chi connectivity index (χ1) is 14.0. The molecule has 1 aromatic carbocycles. The van der Waals surface area contributed by atoms with Crippen LogP contribution in [0.15, 0.2) is 32.1 Å². The third-order valence-corrected chi connectivity index (χ3v) is 9.01. The highest BCUT2D eigenvalue weighted by molar-refractivity contribution is 8.01. The maximum atomic E-state index is 13.0. The Labute approximate surface area is 194 Å². The molecule has 0 fully saturated rings. The van der Waals surface area contributed by atoms with E-state index in [2.05, 4.69) is 23.6 Å². The number of imidazole rings is 1. The molecule has 2 heterocycles. The predicted molar refractivity (Wildman–Crippen MR) is 126 cm³/mol. The number of sulfonamides is 1. The lowest BCUT2D eigenvalue weighted by molar-refractivity contribution is 0.601. The Balaban J connectivity index is 2.10. The lowest BCUT2D eigenvalue weighted by Gasteiger charge is -2.16. The number of hydrogen-bond acceptors (Lipinski definition) is 6. The van der Waals surface area contributed by atoms with E-state index in [1.807, 2.05) is 13.8 Å². The van der Waals surface area contributed by atoms with Crippen LogP contribution < -0.4 is 10.4 Å². The van der Waals surface area contributed by atoms with Crippen molar-refractivity contribution < 1.29 is 8.42 Å². The average Bonchev–Trinajstić information content (AvgIpc) is 2.96. The molecule has 0 aliphatic carbocycles. The van der Waals surface area contributed by atoms with Crippen LogP contribution in [0.25, 0.3) is 5.69 Å². The summed E-state index contributed by atoms with van der Waals surface area (Å²) in [6.07, 6.45) is 0.994. The summed E-state index contributed by atoms with van der Waals surface area (Å²) in [6, 6.07) is 4.17. The number of aryl methyl sites for hydroxylation is 1. The number of fused-ring (bicyclic) bond motifs is 1. The minimum Gasteiger partial charge on any atom is -0.261 e. The number of benzene rings is 1. The molecule has 3 rings (SSSR count). The zero-order valence-electron chi connectivity index (χ0n) is 16.8. The zero-order valence-corrected chi connectivity index (χ0v) is 20.8. The normalized spacial score (nSPS) is 12.1. The van der Waals surface area contributed by atoms with Crippen molar-refractivity contribution in [1.29, 1.82) is 0 Å². The number of aromatic nitrogens is 2. The molecule has 0 unspecified atom stereocenters. The van der Waals surface area contributed by atoms with Gasteiger partial charge in [-0.05, 0) is 50.1 Å². The summed E-state index contributed by atoms with van der Waals surface area (Å²) in [5, 5.41) is 0.261. The number of rotatable bonds is 7. The molecule has 11 heteroatoms. The summed E-state index contributed by atoms with van der Waals surface area (Å²) in [4.78, 5) is 17.4. The van der Waals surface area contributed by atoms with E-state index in [1.54, 1.807) is 11.8 Å². The average molecular weight is 507 g/mol. The summed E-state index contributed by atoms with van der Waals surface area (Å²) in [5.41, 5.74) is 0.662. The van der Waals surface area contributed by atoms with Crippen molar-refractivity contribution >= 4 is 62.1 Å². The Kier molecular flexibility index (Phi) is 7.08. The van der Waals surface area contributed by atoms with Crippen molar-refractivity contribution in [3.63, 3.8) is 0 Å². The molecule has 0 bridgehead atoms. The van der Waals surface area contributed by atoms with Gasteiger partial charge >= 0.3 is 5.69 Å². The second-order valence-electron chi connectivity index (χ2n) is 7.17. The molecular formula is C19H21Cl2N3O3S3. The highest BCUT2D eigenvalue weighted by atomic mass is 35.5. The molecule has 0 aromatic heterocycles. The van der Waals surface area contributed by atoms with E-state index in [9.17, 15) is 13.2 Å². The maximum absolute atomic E-state index is 13.0. The molecule has 1 aromatic rings. The lowest BCUT2D eigenvalue weighted by atomic mass is 10.2. The van der Waals surface area contributed by atoms with E-state index < -0.39 is 15.7 Å². The first-order valence-electron chi connectivity index (χ1n) is 9.14. The largest absolute Gasteiger partial charge is 0.354 e. The fourth-order valence-electron chi connectivity index (χ4n) is 2.74. The van der Waals surface area contributed by atoms with Gasteiger partial charge < -0.3 is 0 Å². The lowest BCUT2D eigenvalue weighted by Crippen LogP contribution is -2.17. The van der Waals surface area contributed by atoms with Gasteiger partial charge in [0.15, 0.2) is 5.82 Å². The van der Waals surface area contributed by atoms with Crippen molar-refractivity contribution in [3.8, 4) is 5.69 Å². The first kappa shape index (κ1) is 23.4. The van der Waals surface area contributed by atoms with E-state index in [0.29, 0.717) is 11.6 Å². The fraction of sp³-hybridized carbons (Fsp3) is 0.368. The molecule has 0 spiro atoms. The van der Waals surface area contributed by atoms with Crippen LogP contribution in [0.5, 0.6) is 0 Å². The highest BCUT2D eigenvalue weighted by Crippen LogP contribution is 2.39. The SMILES string of the molecule is Cc1sc(SCCC(C)C)c2c(NS(=O)(=O)c3cc(Cl)ccc3Cl)nc(=O)n-2c1C. The zero-order chi connectivity index (χ0) is 22.2. The van der Waals surface area contributed by atoms with E-state index in [4.69, 9.17) is 23.2 Å². The summed E-state index contributed by atoms with van der Waals surface area (Å²) < 4.78 is 30.7. The molecule has 0 radical (unpaired) electrons. The van der Waals surface area contributed by atoms with Gasteiger partial charge in [-0.25, -0.2) is 13.2 Å². The number of halogens is 2. The van der Waals surface area contributed by atoms with Crippen LogP contribution in [0.4, 0.5) is 5.82 Å². The summed E-state index contributed by atoms with van der Waals surface area (Å²) in [6.45, 7) is 8.03. The van der Waals surface area contributed by atoms with Crippen molar-refractivity contribution in [2.45, 2.75) is 43.2 Å². The van der Waals surface area contributed by atoms with Crippen LogP contribution in [-0.2, 0) is 10.0 Å². The molecule has 1 N–H and O–H groups in total. The van der Waals surface area contributed by atoms with E-state index in [0.717, 1.165) is 27.0 Å². The molecule has 30 heavy (non-hydrogen) atoms. The van der Waals surface area contributed by atoms with Crippen LogP contribution >= 0.6 is 46.3 Å². The molecule has 2 aliphatic heterocycles. The molecule has 0 atom stereocenters. The number of hydrogen-bond donors (Lipinski definition) is 1. The van der Waals surface area contributed by atoms with Crippen molar-refractivity contribution in [1.82, 2.24) is 9.55 Å². The molecular weight excluding hydrogens is 485 g/mol. The van der Waals surface area contributed by atoms with Gasteiger partial charge in [0.2, 0.25) is 0 Å². The van der Waals surface area contributed by atoms with E-state index in [1.165, 1.54) is 34.1 Å². The van der Waals surface area contributed by atoms with Gasteiger partial charge in [-0.2, -0.15) is 4.98 Å². The Morgan fingerprint density at radius 1 is 1.27 bits per heavy atom. The molecule has 162 valence electrons. The van der Waals surface area contributed by atoms with Gasteiger partial charge in [0.25, 0.3) is 10.0 Å². The molecule has 0 amide bonds. The van der Waals surface area contributed by atoms with Crippen molar-refractivity contribution in [2.75, 3.05) is 10.5 Å². The van der Waals surface area contributed by atoms with E-state index >= 15 is 0 Å². The third kappa shape index (κ3) is 4.80.